The summed E-state index contributed by atoms with van der Waals surface area (Å²) in [6.45, 7) is 4.03. The van der Waals surface area contributed by atoms with E-state index < -0.39 is 0 Å². The molecule has 0 heterocycles. The number of hydrogen-bond acceptors (Lipinski definition) is 1. The lowest BCUT2D eigenvalue weighted by atomic mass is 10.0. The van der Waals surface area contributed by atoms with Crippen molar-refractivity contribution in [2.24, 2.45) is 5.92 Å². The van der Waals surface area contributed by atoms with Crippen LogP contribution in [-0.2, 0) is 4.79 Å². The van der Waals surface area contributed by atoms with Gasteiger partial charge in [-0.05, 0) is 40.9 Å². The van der Waals surface area contributed by atoms with Gasteiger partial charge in [-0.25, -0.2) is 0 Å². The topological polar surface area (TPSA) is 29.1 Å². The fraction of sp³-hybridized carbons (Fsp3) is 0.417. The van der Waals surface area contributed by atoms with Crippen molar-refractivity contribution < 1.29 is 4.79 Å². The van der Waals surface area contributed by atoms with Gasteiger partial charge in [0, 0.05) is 5.92 Å². The Bertz CT molecular complexity index is 377. The number of carbonyl (C=O) groups is 1. The first-order valence-electron chi connectivity index (χ1n) is 5.35. The fourth-order valence-electron chi connectivity index (χ4n) is 1.49. The average Bonchev–Trinajstić information content (AvgIpc) is 2.26. The van der Waals surface area contributed by atoms with E-state index in [0.29, 0.717) is 5.02 Å². The molecular formula is C12H15BrClNO. The molecule has 0 aromatic heterocycles. The lowest BCUT2D eigenvalue weighted by molar-refractivity contribution is -0.120. The number of carbonyl (C=O) groups excluding carboxylic acids is 1. The third-order valence-corrected chi connectivity index (χ3v) is 3.96. The summed E-state index contributed by atoms with van der Waals surface area (Å²) in [5.41, 5.74) is 0.726. The molecule has 0 spiro atoms. The summed E-state index contributed by atoms with van der Waals surface area (Å²) in [5, 5.41) is 3.48. The molecule has 1 aromatic rings. The van der Waals surface area contributed by atoms with Crippen molar-refractivity contribution in [3.63, 3.8) is 0 Å². The summed E-state index contributed by atoms with van der Waals surface area (Å²) >= 11 is 9.30. The molecule has 0 aliphatic heterocycles. The maximum absolute atomic E-state index is 11.9. The van der Waals surface area contributed by atoms with E-state index in [-0.39, 0.29) is 11.8 Å². The summed E-state index contributed by atoms with van der Waals surface area (Å²) in [5.74, 6) is 0.110. The van der Waals surface area contributed by atoms with Crippen LogP contribution in [0.1, 0.15) is 26.7 Å². The average molecular weight is 305 g/mol. The second kappa shape index (κ2) is 6.26. The standard InChI is InChI=1S/C12H15BrClNO/c1-3-8(4-2)12(16)15-10-7-5-6-9(14)11(10)13/h5-8H,3-4H2,1-2H3,(H,15,16). The van der Waals surface area contributed by atoms with Crippen molar-refractivity contribution in [3.05, 3.63) is 27.7 Å². The van der Waals surface area contributed by atoms with Crippen molar-refractivity contribution in [1.82, 2.24) is 0 Å². The number of anilines is 1. The van der Waals surface area contributed by atoms with Gasteiger partial charge in [-0.2, -0.15) is 0 Å². The van der Waals surface area contributed by atoms with Crippen LogP contribution in [0.5, 0.6) is 0 Å². The predicted octanol–water partition coefficient (Wildman–Crippen LogP) is 4.48. The summed E-state index contributed by atoms with van der Waals surface area (Å²) in [4.78, 5) is 11.9. The lowest BCUT2D eigenvalue weighted by Gasteiger charge is -2.14. The predicted molar refractivity (Wildman–Crippen MR) is 71.9 cm³/mol. The van der Waals surface area contributed by atoms with Gasteiger partial charge in [-0.1, -0.05) is 31.5 Å². The minimum atomic E-state index is 0.0490. The van der Waals surface area contributed by atoms with E-state index in [2.05, 4.69) is 21.2 Å². The Morgan fingerprint density at radius 3 is 2.62 bits per heavy atom. The highest BCUT2D eigenvalue weighted by atomic mass is 79.9. The number of nitrogens with one attached hydrogen (secondary N) is 1. The van der Waals surface area contributed by atoms with Gasteiger partial charge in [0.1, 0.15) is 0 Å². The quantitative estimate of drug-likeness (QED) is 0.873. The molecule has 0 unspecified atom stereocenters. The normalized spacial score (nSPS) is 10.6. The molecule has 1 N–H and O–H groups in total. The van der Waals surface area contributed by atoms with E-state index in [4.69, 9.17) is 11.6 Å². The molecule has 0 aliphatic carbocycles. The second-order valence-corrected chi connectivity index (χ2v) is 4.80. The summed E-state index contributed by atoms with van der Waals surface area (Å²) in [6, 6.07) is 5.42. The molecule has 0 saturated heterocycles. The number of halogens is 2. The smallest absolute Gasteiger partial charge is 0.227 e. The lowest BCUT2D eigenvalue weighted by Crippen LogP contribution is -2.21. The van der Waals surface area contributed by atoms with Crippen LogP contribution in [0.15, 0.2) is 22.7 Å². The van der Waals surface area contributed by atoms with Crippen LogP contribution in [0.4, 0.5) is 5.69 Å². The van der Waals surface area contributed by atoms with Gasteiger partial charge in [0.15, 0.2) is 0 Å². The number of rotatable bonds is 4. The molecule has 0 bridgehead atoms. The first-order valence-corrected chi connectivity index (χ1v) is 6.52. The van der Waals surface area contributed by atoms with Gasteiger partial charge in [-0.15, -0.1) is 0 Å². The maximum Gasteiger partial charge on any atom is 0.227 e. The SMILES string of the molecule is CCC(CC)C(=O)Nc1cccc(Cl)c1Br. The molecule has 1 aromatic carbocycles. The van der Waals surface area contributed by atoms with Gasteiger partial charge in [-0.3, -0.25) is 4.79 Å². The first-order chi connectivity index (χ1) is 7.60. The maximum atomic E-state index is 11.9. The van der Waals surface area contributed by atoms with E-state index >= 15 is 0 Å². The minimum Gasteiger partial charge on any atom is -0.325 e. The first kappa shape index (κ1) is 13.5. The van der Waals surface area contributed by atoms with Crippen molar-refractivity contribution >= 4 is 39.1 Å². The molecule has 1 amide bonds. The highest BCUT2D eigenvalue weighted by Gasteiger charge is 2.15. The van der Waals surface area contributed by atoms with Gasteiger partial charge >= 0.3 is 0 Å². The van der Waals surface area contributed by atoms with Gasteiger partial charge in [0.25, 0.3) is 0 Å². The third kappa shape index (κ3) is 3.22. The Kier molecular flexibility index (Phi) is 5.29. The highest BCUT2D eigenvalue weighted by molar-refractivity contribution is 9.10. The summed E-state index contributed by atoms with van der Waals surface area (Å²) in [6.07, 6.45) is 1.70. The Morgan fingerprint density at radius 2 is 2.06 bits per heavy atom. The second-order valence-electron chi connectivity index (χ2n) is 3.60. The molecule has 16 heavy (non-hydrogen) atoms. The van der Waals surface area contributed by atoms with Gasteiger partial charge in [0.05, 0.1) is 15.2 Å². The zero-order chi connectivity index (χ0) is 12.1. The van der Waals surface area contributed by atoms with Crippen molar-refractivity contribution in [3.8, 4) is 0 Å². The van der Waals surface area contributed by atoms with E-state index in [1.54, 1.807) is 6.07 Å². The minimum absolute atomic E-state index is 0.0490. The van der Waals surface area contributed by atoms with Crippen molar-refractivity contribution in [2.45, 2.75) is 26.7 Å². The number of amides is 1. The van der Waals surface area contributed by atoms with E-state index in [9.17, 15) is 4.79 Å². The summed E-state index contributed by atoms with van der Waals surface area (Å²) in [7, 11) is 0. The molecule has 4 heteroatoms. The van der Waals surface area contributed by atoms with Crippen LogP contribution in [0.2, 0.25) is 5.02 Å². The molecule has 0 atom stereocenters. The van der Waals surface area contributed by atoms with Crippen LogP contribution in [-0.4, -0.2) is 5.91 Å². The van der Waals surface area contributed by atoms with Gasteiger partial charge in [0.2, 0.25) is 5.91 Å². The fourth-order valence-corrected chi connectivity index (χ4v) is 2.03. The molecule has 0 fully saturated rings. The molecule has 1 rings (SSSR count). The Balaban J connectivity index is 2.80. The van der Waals surface area contributed by atoms with Crippen LogP contribution in [0.3, 0.4) is 0 Å². The zero-order valence-corrected chi connectivity index (χ0v) is 11.7. The molecule has 0 aliphatic rings. The van der Waals surface area contributed by atoms with Crippen LogP contribution < -0.4 is 5.32 Å². The Hall–Kier alpha value is -0.540. The third-order valence-electron chi connectivity index (χ3n) is 2.57. The Labute approximate surface area is 110 Å². The molecule has 0 radical (unpaired) electrons. The Morgan fingerprint density at radius 1 is 1.44 bits per heavy atom. The monoisotopic (exact) mass is 303 g/mol. The molecule has 88 valence electrons. The van der Waals surface area contributed by atoms with Crippen LogP contribution >= 0.6 is 27.5 Å². The van der Waals surface area contributed by atoms with Crippen LogP contribution in [0.25, 0.3) is 0 Å². The number of benzene rings is 1. The summed E-state index contributed by atoms with van der Waals surface area (Å²) < 4.78 is 0.732. The highest BCUT2D eigenvalue weighted by Crippen LogP contribution is 2.30. The largest absolute Gasteiger partial charge is 0.325 e. The molecule has 2 nitrogen and oxygen atoms in total. The zero-order valence-electron chi connectivity index (χ0n) is 9.39. The van der Waals surface area contributed by atoms with E-state index in [1.807, 2.05) is 26.0 Å². The van der Waals surface area contributed by atoms with Gasteiger partial charge < -0.3 is 5.32 Å². The number of hydrogen-bond donors (Lipinski definition) is 1. The molecule has 0 saturated carbocycles. The van der Waals surface area contributed by atoms with E-state index in [0.717, 1.165) is 23.0 Å². The van der Waals surface area contributed by atoms with Crippen LogP contribution in [0, 0.1) is 5.92 Å². The van der Waals surface area contributed by atoms with Crippen molar-refractivity contribution in [2.75, 3.05) is 5.32 Å². The molecular weight excluding hydrogens is 289 g/mol. The van der Waals surface area contributed by atoms with Crippen molar-refractivity contribution in [1.29, 1.82) is 0 Å². The van der Waals surface area contributed by atoms with E-state index in [1.165, 1.54) is 0 Å².